The zero-order valence-corrected chi connectivity index (χ0v) is 11.8. The maximum absolute atomic E-state index is 12.1. The van der Waals surface area contributed by atoms with E-state index in [-0.39, 0.29) is 11.9 Å². The molecule has 2 aromatic heterocycles. The van der Waals surface area contributed by atoms with Crippen molar-refractivity contribution in [3.8, 4) is 0 Å². The van der Waals surface area contributed by atoms with Gasteiger partial charge in [-0.1, -0.05) is 18.2 Å². The van der Waals surface area contributed by atoms with Crippen LogP contribution in [0.4, 0.5) is 11.8 Å². The lowest BCUT2D eigenvalue weighted by Crippen LogP contribution is -2.29. The topological polar surface area (TPSA) is 109 Å². The first-order valence-electron chi connectivity index (χ1n) is 6.91. The Labute approximate surface area is 127 Å². The van der Waals surface area contributed by atoms with Gasteiger partial charge < -0.3 is 21.4 Å². The number of carbonyl (C=O) groups excluding carboxylic acids is 1. The lowest BCUT2D eigenvalue weighted by atomic mass is 10.2. The summed E-state index contributed by atoms with van der Waals surface area (Å²) in [4.78, 5) is 23.0. The van der Waals surface area contributed by atoms with E-state index in [2.05, 4.69) is 25.6 Å². The standard InChI is InChI=1S/C15H16N6O/c16-15-19-6-5-13(21-15)17-7-8-18-14(22)12-9-10-3-1-2-4-11(10)20-12/h1-6,9,20H,7-8H2,(H,18,22)(H3,16,17,19,21). The van der Waals surface area contributed by atoms with E-state index in [1.165, 1.54) is 0 Å². The van der Waals surface area contributed by atoms with Gasteiger partial charge in [0.2, 0.25) is 5.95 Å². The van der Waals surface area contributed by atoms with E-state index in [0.29, 0.717) is 24.6 Å². The highest BCUT2D eigenvalue weighted by atomic mass is 16.1. The van der Waals surface area contributed by atoms with E-state index < -0.39 is 0 Å². The molecule has 0 radical (unpaired) electrons. The molecule has 3 rings (SSSR count). The lowest BCUT2D eigenvalue weighted by Gasteiger charge is -2.06. The number of rotatable bonds is 5. The van der Waals surface area contributed by atoms with Gasteiger partial charge >= 0.3 is 0 Å². The van der Waals surface area contributed by atoms with Gasteiger partial charge in [0.05, 0.1) is 0 Å². The van der Waals surface area contributed by atoms with Crippen molar-refractivity contribution in [3.63, 3.8) is 0 Å². The molecule has 112 valence electrons. The van der Waals surface area contributed by atoms with Crippen LogP contribution in [0.15, 0.2) is 42.6 Å². The van der Waals surface area contributed by atoms with Crippen LogP contribution in [0.2, 0.25) is 0 Å². The molecule has 7 nitrogen and oxygen atoms in total. The molecule has 0 aliphatic heterocycles. The number of para-hydroxylation sites is 1. The summed E-state index contributed by atoms with van der Waals surface area (Å²) in [5.41, 5.74) is 6.98. The fourth-order valence-electron chi connectivity index (χ4n) is 2.13. The van der Waals surface area contributed by atoms with Crippen molar-refractivity contribution in [2.45, 2.75) is 0 Å². The third kappa shape index (κ3) is 3.14. The normalized spacial score (nSPS) is 10.5. The number of aromatic nitrogens is 3. The molecule has 7 heteroatoms. The Hall–Kier alpha value is -3.09. The minimum Gasteiger partial charge on any atom is -0.368 e. The van der Waals surface area contributed by atoms with E-state index in [4.69, 9.17) is 5.73 Å². The Bertz CT molecular complexity index is 764. The maximum atomic E-state index is 12.1. The number of H-pyrrole nitrogens is 1. The molecule has 2 heterocycles. The van der Waals surface area contributed by atoms with Gasteiger partial charge in [-0.3, -0.25) is 4.79 Å². The average molecular weight is 296 g/mol. The number of amides is 1. The largest absolute Gasteiger partial charge is 0.368 e. The van der Waals surface area contributed by atoms with E-state index >= 15 is 0 Å². The molecule has 1 amide bonds. The first-order valence-corrected chi connectivity index (χ1v) is 6.91. The van der Waals surface area contributed by atoms with Crippen LogP contribution in [0.5, 0.6) is 0 Å². The molecule has 0 aliphatic carbocycles. The molecule has 0 spiro atoms. The van der Waals surface area contributed by atoms with Gasteiger partial charge in [0.1, 0.15) is 11.5 Å². The number of hydrogen-bond acceptors (Lipinski definition) is 5. The monoisotopic (exact) mass is 296 g/mol. The highest BCUT2D eigenvalue weighted by molar-refractivity contribution is 5.97. The summed E-state index contributed by atoms with van der Waals surface area (Å²) in [6.07, 6.45) is 1.58. The molecule has 22 heavy (non-hydrogen) atoms. The summed E-state index contributed by atoms with van der Waals surface area (Å²) in [7, 11) is 0. The van der Waals surface area contributed by atoms with Gasteiger partial charge in [-0.15, -0.1) is 0 Å². The summed E-state index contributed by atoms with van der Waals surface area (Å²) in [6, 6.07) is 11.3. The second-order valence-corrected chi connectivity index (χ2v) is 4.75. The number of nitrogens with two attached hydrogens (primary N) is 1. The van der Waals surface area contributed by atoms with Crippen molar-refractivity contribution in [2.24, 2.45) is 0 Å². The smallest absolute Gasteiger partial charge is 0.267 e. The molecule has 3 aromatic rings. The summed E-state index contributed by atoms with van der Waals surface area (Å²) < 4.78 is 0. The molecule has 0 bridgehead atoms. The zero-order valence-electron chi connectivity index (χ0n) is 11.8. The van der Waals surface area contributed by atoms with Crippen LogP contribution in [-0.2, 0) is 0 Å². The molecule has 0 atom stereocenters. The Balaban J connectivity index is 1.52. The van der Waals surface area contributed by atoms with Crippen molar-refractivity contribution < 1.29 is 4.79 Å². The molecule has 5 N–H and O–H groups in total. The van der Waals surface area contributed by atoms with Gasteiger partial charge in [0.25, 0.3) is 5.91 Å². The molecular weight excluding hydrogens is 280 g/mol. The van der Waals surface area contributed by atoms with Gasteiger partial charge in [-0.25, -0.2) is 4.98 Å². The quantitative estimate of drug-likeness (QED) is 0.532. The summed E-state index contributed by atoms with van der Waals surface area (Å²) >= 11 is 0. The predicted octanol–water partition coefficient (Wildman–Crippen LogP) is 1.38. The first-order chi connectivity index (χ1) is 10.7. The van der Waals surface area contributed by atoms with Crippen LogP contribution >= 0.6 is 0 Å². The third-order valence-corrected chi connectivity index (χ3v) is 3.17. The number of nitrogen functional groups attached to an aromatic ring is 1. The van der Waals surface area contributed by atoms with Crippen molar-refractivity contribution in [2.75, 3.05) is 24.1 Å². The maximum Gasteiger partial charge on any atom is 0.267 e. The number of carbonyl (C=O) groups is 1. The third-order valence-electron chi connectivity index (χ3n) is 3.17. The van der Waals surface area contributed by atoms with Gasteiger partial charge in [-0.2, -0.15) is 4.98 Å². The number of aromatic amines is 1. The van der Waals surface area contributed by atoms with E-state index in [1.54, 1.807) is 12.3 Å². The van der Waals surface area contributed by atoms with Crippen LogP contribution in [-0.4, -0.2) is 33.9 Å². The van der Waals surface area contributed by atoms with E-state index in [9.17, 15) is 4.79 Å². The van der Waals surface area contributed by atoms with Gasteiger partial charge in [0.15, 0.2) is 0 Å². The molecule has 0 saturated heterocycles. The van der Waals surface area contributed by atoms with Gasteiger partial charge in [0, 0.05) is 30.2 Å². The average Bonchev–Trinajstić information content (AvgIpc) is 2.95. The van der Waals surface area contributed by atoms with Crippen molar-refractivity contribution in [3.05, 3.63) is 48.3 Å². The second kappa shape index (κ2) is 6.13. The van der Waals surface area contributed by atoms with Crippen LogP contribution in [0.25, 0.3) is 10.9 Å². The van der Waals surface area contributed by atoms with Crippen molar-refractivity contribution in [1.29, 1.82) is 0 Å². The minimum absolute atomic E-state index is 0.139. The lowest BCUT2D eigenvalue weighted by molar-refractivity contribution is 0.0951. The van der Waals surface area contributed by atoms with E-state index in [0.717, 1.165) is 10.9 Å². The number of hydrogen-bond donors (Lipinski definition) is 4. The molecular formula is C15H16N6O. The summed E-state index contributed by atoms with van der Waals surface area (Å²) in [5, 5.41) is 6.92. The van der Waals surface area contributed by atoms with Crippen molar-refractivity contribution in [1.82, 2.24) is 20.3 Å². The zero-order chi connectivity index (χ0) is 15.4. The molecule has 0 aliphatic rings. The minimum atomic E-state index is -0.139. The molecule has 0 fully saturated rings. The van der Waals surface area contributed by atoms with Crippen LogP contribution in [0, 0.1) is 0 Å². The number of nitrogens with zero attached hydrogens (tertiary/aromatic N) is 2. The molecule has 0 unspecified atom stereocenters. The van der Waals surface area contributed by atoms with Crippen LogP contribution in [0.3, 0.4) is 0 Å². The second-order valence-electron chi connectivity index (χ2n) is 4.75. The predicted molar refractivity (Wildman–Crippen MR) is 85.6 cm³/mol. The first kappa shape index (κ1) is 13.9. The fourth-order valence-corrected chi connectivity index (χ4v) is 2.13. The van der Waals surface area contributed by atoms with Crippen LogP contribution < -0.4 is 16.4 Å². The molecule has 1 aromatic carbocycles. The summed E-state index contributed by atoms with van der Waals surface area (Å²) in [6.45, 7) is 1.01. The van der Waals surface area contributed by atoms with Crippen LogP contribution in [0.1, 0.15) is 10.5 Å². The highest BCUT2D eigenvalue weighted by Gasteiger charge is 2.08. The summed E-state index contributed by atoms with van der Waals surface area (Å²) in [5.74, 6) is 0.708. The van der Waals surface area contributed by atoms with Gasteiger partial charge in [-0.05, 0) is 18.2 Å². The number of anilines is 2. The number of benzene rings is 1. The Morgan fingerprint density at radius 3 is 2.91 bits per heavy atom. The van der Waals surface area contributed by atoms with Crippen molar-refractivity contribution >= 4 is 28.6 Å². The SMILES string of the molecule is Nc1nccc(NCCNC(=O)c2cc3ccccc3[nH]2)n1. The number of fused-ring (bicyclic) bond motifs is 1. The highest BCUT2D eigenvalue weighted by Crippen LogP contribution is 2.14. The number of nitrogens with one attached hydrogen (secondary N) is 3. The Morgan fingerprint density at radius 1 is 1.23 bits per heavy atom. The fraction of sp³-hybridized carbons (Fsp3) is 0.133. The molecule has 0 saturated carbocycles. The van der Waals surface area contributed by atoms with E-state index in [1.807, 2.05) is 30.3 Å². The Kier molecular flexibility index (Phi) is 3.86. The Morgan fingerprint density at radius 2 is 2.09 bits per heavy atom.